The Kier molecular flexibility index (Phi) is 6.29. The van der Waals surface area contributed by atoms with Crippen LogP contribution in [0, 0.1) is 45.3 Å². The van der Waals surface area contributed by atoms with Crippen molar-refractivity contribution in [3.63, 3.8) is 0 Å². The fourth-order valence-corrected chi connectivity index (χ4v) is 9.78. The summed E-state index contributed by atoms with van der Waals surface area (Å²) in [5, 5.41) is 10.1. The lowest BCUT2D eigenvalue weighted by molar-refractivity contribution is -0.0489. The zero-order valence-electron chi connectivity index (χ0n) is 23.3. The third-order valence-electron chi connectivity index (χ3n) is 12.7. The van der Waals surface area contributed by atoms with Crippen LogP contribution < -0.4 is 0 Å². The van der Waals surface area contributed by atoms with E-state index in [0.29, 0.717) is 39.9 Å². The highest BCUT2D eigenvalue weighted by molar-refractivity contribution is 5.38. The van der Waals surface area contributed by atoms with Crippen LogP contribution in [0.5, 0.6) is 0 Å². The van der Waals surface area contributed by atoms with Gasteiger partial charge in [-0.3, -0.25) is 0 Å². The van der Waals surface area contributed by atoms with Crippen molar-refractivity contribution in [2.45, 2.75) is 138 Å². The van der Waals surface area contributed by atoms with Crippen molar-refractivity contribution in [2.24, 2.45) is 45.3 Å². The maximum atomic E-state index is 14.5. The first-order chi connectivity index (χ1) is 15.1. The van der Waals surface area contributed by atoms with Gasteiger partial charge in [0.15, 0.2) is 0 Å². The van der Waals surface area contributed by atoms with E-state index >= 15 is 0 Å². The Morgan fingerprint density at radius 2 is 1.61 bits per heavy atom. The summed E-state index contributed by atoms with van der Waals surface area (Å²) in [7, 11) is 0. The zero-order chi connectivity index (χ0) is 24.6. The molecule has 190 valence electrons. The van der Waals surface area contributed by atoms with Gasteiger partial charge in [-0.15, -0.1) is 0 Å². The third-order valence-corrected chi connectivity index (χ3v) is 12.7. The first-order valence-corrected chi connectivity index (χ1v) is 14.2. The van der Waals surface area contributed by atoms with Crippen molar-refractivity contribution in [1.82, 2.24) is 0 Å². The van der Waals surface area contributed by atoms with Gasteiger partial charge in [-0.25, -0.2) is 4.39 Å². The largest absolute Gasteiger partial charge is 0.387 e. The minimum atomic E-state index is -1.22. The van der Waals surface area contributed by atoms with Gasteiger partial charge < -0.3 is 5.11 Å². The second-order valence-electron chi connectivity index (χ2n) is 14.8. The maximum Gasteiger partial charge on any atom is 0.128 e. The van der Waals surface area contributed by atoms with E-state index in [9.17, 15) is 9.50 Å². The van der Waals surface area contributed by atoms with Crippen LogP contribution in [0.15, 0.2) is 11.1 Å². The normalized spacial score (nSPS) is 44.6. The molecule has 1 unspecified atom stereocenters. The van der Waals surface area contributed by atoms with E-state index < -0.39 is 11.8 Å². The fourth-order valence-electron chi connectivity index (χ4n) is 9.78. The Morgan fingerprint density at radius 1 is 0.939 bits per heavy atom. The molecule has 1 nitrogen and oxygen atoms in total. The monoisotopic (exact) mass is 460 g/mol. The molecule has 0 bridgehead atoms. The van der Waals surface area contributed by atoms with E-state index in [1.54, 1.807) is 13.8 Å². The second-order valence-corrected chi connectivity index (χ2v) is 14.8. The molecule has 0 amide bonds. The predicted molar refractivity (Wildman–Crippen MR) is 138 cm³/mol. The number of hydrogen-bond acceptors (Lipinski definition) is 1. The van der Waals surface area contributed by atoms with Gasteiger partial charge in [-0.2, -0.15) is 0 Å². The quantitative estimate of drug-likeness (QED) is 0.406. The molecule has 0 aromatic rings. The average Bonchev–Trinajstić information content (AvgIpc) is 3.00. The van der Waals surface area contributed by atoms with Crippen molar-refractivity contribution in [2.75, 3.05) is 0 Å². The number of hydrogen-bond donors (Lipinski definition) is 1. The van der Waals surface area contributed by atoms with Gasteiger partial charge in [0.2, 0.25) is 0 Å². The molecular weight excluding hydrogens is 407 g/mol. The molecule has 0 spiro atoms. The van der Waals surface area contributed by atoms with E-state index in [2.05, 4.69) is 48.5 Å². The molecule has 4 aliphatic rings. The molecule has 2 fully saturated rings. The molecule has 0 heterocycles. The number of rotatable bonds is 5. The molecule has 0 aliphatic heterocycles. The highest BCUT2D eigenvalue weighted by Crippen LogP contribution is 2.72. The lowest BCUT2D eigenvalue weighted by Crippen LogP contribution is -2.53. The molecule has 33 heavy (non-hydrogen) atoms. The molecule has 8 atom stereocenters. The Balaban J connectivity index is 1.60. The van der Waals surface area contributed by atoms with E-state index in [-0.39, 0.29) is 0 Å². The molecule has 2 saturated carbocycles. The standard InChI is InChI=1S/C31H53FO/c1-20(10-13-26(32)28(5,6)33)22-15-18-31(9)24-11-12-25-27(3,4)21(2)14-17-29(25,7)23(24)16-19-30(22,31)8/h20-22,25-26,33H,10-19H2,1-9H3/t20-,21+,22-,25+,26?,29-,30-,31+/m1/s1. The van der Waals surface area contributed by atoms with Crippen LogP contribution in [0.3, 0.4) is 0 Å². The number of aliphatic hydroxyl groups is 1. The first kappa shape index (κ1) is 25.7. The number of fused-ring (bicyclic) bond motifs is 4. The van der Waals surface area contributed by atoms with Crippen LogP contribution in [0.1, 0.15) is 127 Å². The van der Waals surface area contributed by atoms with Crippen molar-refractivity contribution in [3.8, 4) is 0 Å². The van der Waals surface area contributed by atoms with Crippen LogP contribution >= 0.6 is 0 Å². The molecule has 1 N–H and O–H groups in total. The summed E-state index contributed by atoms with van der Waals surface area (Å²) in [5.74, 6) is 2.82. The van der Waals surface area contributed by atoms with E-state index in [1.807, 2.05) is 11.1 Å². The molecule has 2 heteroatoms. The van der Waals surface area contributed by atoms with Crippen molar-refractivity contribution in [1.29, 1.82) is 0 Å². The zero-order valence-corrected chi connectivity index (χ0v) is 23.3. The molecule has 0 saturated heterocycles. The van der Waals surface area contributed by atoms with Crippen molar-refractivity contribution in [3.05, 3.63) is 11.1 Å². The number of halogens is 1. The lowest BCUT2D eigenvalue weighted by Gasteiger charge is -2.62. The maximum absolute atomic E-state index is 14.5. The smallest absolute Gasteiger partial charge is 0.128 e. The first-order valence-electron chi connectivity index (χ1n) is 14.2. The molecule has 4 aliphatic carbocycles. The average molecular weight is 461 g/mol. The minimum Gasteiger partial charge on any atom is -0.387 e. The summed E-state index contributed by atoms with van der Waals surface area (Å²) in [6, 6.07) is 0. The summed E-state index contributed by atoms with van der Waals surface area (Å²) in [6.07, 6.45) is 10.9. The predicted octanol–water partition coefficient (Wildman–Crippen LogP) is 8.90. The minimum absolute atomic E-state index is 0.312. The fraction of sp³-hybridized carbons (Fsp3) is 0.935. The van der Waals surface area contributed by atoms with Crippen LogP contribution in [0.4, 0.5) is 4.39 Å². The Morgan fingerprint density at radius 3 is 2.24 bits per heavy atom. The SMILES string of the molecule is C[C@H](CCC(F)C(C)(C)O)[C@H]1CC[C@@]2(C)C3=C(CC[C@]12C)[C@@]1(C)CC[C@H](C)C(C)(C)[C@@H]1CC3. The Labute approximate surface area is 204 Å². The Bertz CT molecular complexity index is 789. The van der Waals surface area contributed by atoms with Gasteiger partial charge in [-0.05, 0) is 123 Å². The summed E-state index contributed by atoms with van der Waals surface area (Å²) in [5.41, 5.74) is 3.97. The van der Waals surface area contributed by atoms with Gasteiger partial charge in [0, 0.05) is 0 Å². The summed E-state index contributed by atoms with van der Waals surface area (Å²) < 4.78 is 14.5. The van der Waals surface area contributed by atoms with Crippen LogP contribution in [-0.2, 0) is 0 Å². The highest BCUT2D eigenvalue weighted by atomic mass is 19.1. The van der Waals surface area contributed by atoms with Gasteiger partial charge in [0.1, 0.15) is 6.17 Å². The van der Waals surface area contributed by atoms with E-state index in [0.717, 1.165) is 18.3 Å². The molecule has 4 rings (SSSR count). The van der Waals surface area contributed by atoms with Gasteiger partial charge in [0.05, 0.1) is 5.60 Å². The van der Waals surface area contributed by atoms with E-state index in [1.165, 1.54) is 51.4 Å². The van der Waals surface area contributed by atoms with Gasteiger partial charge >= 0.3 is 0 Å². The van der Waals surface area contributed by atoms with Gasteiger partial charge in [0.25, 0.3) is 0 Å². The molecular formula is C31H53FO. The lowest BCUT2D eigenvalue weighted by atomic mass is 9.42. The van der Waals surface area contributed by atoms with Crippen LogP contribution in [0.2, 0.25) is 0 Å². The second kappa shape index (κ2) is 8.07. The van der Waals surface area contributed by atoms with Gasteiger partial charge in [-0.1, -0.05) is 59.6 Å². The Hall–Kier alpha value is -0.370. The number of allylic oxidation sites excluding steroid dienone is 2. The summed E-state index contributed by atoms with van der Waals surface area (Å²) in [4.78, 5) is 0. The van der Waals surface area contributed by atoms with Crippen LogP contribution in [0.25, 0.3) is 0 Å². The van der Waals surface area contributed by atoms with Crippen molar-refractivity contribution < 1.29 is 9.50 Å². The third kappa shape index (κ3) is 3.70. The van der Waals surface area contributed by atoms with Crippen LogP contribution in [-0.4, -0.2) is 16.9 Å². The molecule has 0 aromatic carbocycles. The topological polar surface area (TPSA) is 20.2 Å². The highest BCUT2D eigenvalue weighted by Gasteiger charge is 2.63. The number of alkyl halides is 1. The van der Waals surface area contributed by atoms with E-state index in [4.69, 9.17) is 0 Å². The van der Waals surface area contributed by atoms with Crippen molar-refractivity contribution >= 4 is 0 Å². The molecule has 0 radical (unpaired) electrons. The molecule has 0 aromatic heterocycles. The summed E-state index contributed by atoms with van der Waals surface area (Å²) >= 11 is 0. The summed E-state index contributed by atoms with van der Waals surface area (Å²) in [6.45, 7) is 21.0.